The monoisotopic (exact) mass is 371 g/mol. The maximum Gasteiger partial charge on any atom is 0.532 e. The third-order valence-electron chi connectivity index (χ3n) is 2.99. The highest BCUT2D eigenvalue weighted by molar-refractivity contribution is 7.82. The Kier molecular flexibility index (Phi) is 6.24. The molecule has 2 aromatic carbocycles. The molecule has 0 amide bonds. The minimum absolute atomic E-state index is 0.130. The summed E-state index contributed by atoms with van der Waals surface area (Å²) in [7, 11) is 0. The summed E-state index contributed by atoms with van der Waals surface area (Å²) in [4.78, 5) is 17.0. The normalized spacial score (nSPS) is 15.0. The zero-order chi connectivity index (χ0) is 17.7. The Morgan fingerprint density at radius 1 is 1.12 bits per heavy atom. The molecule has 0 bridgehead atoms. The van der Waals surface area contributed by atoms with Gasteiger partial charge in [0.1, 0.15) is 11.8 Å². The van der Waals surface area contributed by atoms with Crippen molar-refractivity contribution in [2.45, 2.75) is 32.9 Å². The van der Waals surface area contributed by atoms with Gasteiger partial charge in [0.05, 0.1) is 6.10 Å². The summed E-state index contributed by atoms with van der Waals surface area (Å²) in [5.74, 6) is -0.563. The van der Waals surface area contributed by atoms with E-state index >= 15 is 0 Å². The van der Waals surface area contributed by atoms with Crippen molar-refractivity contribution in [3.8, 4) is 5.75 Å². The summed E-state index contributed by atoms with van der Waals surface area (Å²) in [5.41, 5.74) is 2.49. The molecule has 0 radical (unpaired) electrons. The predicted molar refractivity (Wildman–Crippen MR) is 92.9 cm³/mol. The number of carbonyl (C=O) groups is 1. The molecule has 0 aliphatic carbocycles. The van der Waals surface area contributed by atoms with E-state index in [1.54, 1.807) is 32.0 Å². The first kappa shape index (κ1) is 18.7. The van der Waals surface area contributed by atoms with Gasteiger partial charge in [-0.25, -0.2) is 9.36 Å². The van der Waals surface area contributed by atoms with Crippen LogP contribution in [0.5, 0.6) is 5.75 Å². The first-order valence-electron chi connectivity index (χ1n) is 7.40. The van der Waals surface area contributed by atoms with Gasteiger partial charge in [0, 0.05) is 16.6 Å². The second kappa shape index (κ2) is 7.99. The Morgan fingerprint density at radius 3 is 2.50 bits per heavy atom. The van der Waals surface area contributed by atoms with E-state index in [0.717, 1.165) is 5.39 Å². The van der Waals surface area contributed by atoms with Crippen LogP contribution >= 0.6 is 18.2 Å². The molecule has 0 heterocycles. The highest BCUT2D eigenvalue weighted by Gasteiger charge is 2.31. The number of carbonyl (C=O) groups excluding carboxylic acids is 1. The van der Waals surface area contributed by atoms with E-state index in [0.29, 0.717) is 5.39 Å². The Morgan fingerprint density at radius 2 is 1.79 bits per heavy atom. The minimum atomic E-state index is -4.15. The number of hydroxylamine groups is 1. The first-order chi connectivity index (χ1) is 11.3. The molecule has 24 heavy (non-hydrogen) atoms. The summed E-state index contributed by atoms with van der Waals surface area (Å²) >= 11 is 5.79. The van der Waals surface area contributed by atoms with E-state index in [-0.39, 0.29) is 11.9 Å². The molecule has 1 N–H and O–H groups in total. The van der Waals surface area contributed by atoms with Crippen LogP contribution in [0.2, 0.25) is 0 Å². The van der Waals surface area contributed by atoms with Crippen LogP contribution in [-0.4, -0.2) is 18.1 Å². The standard InChI is InChI=1S/C16H19ClNO5P/c1-11(2)21-18-12(3)16(19)23-24(17,20)22-15-10-6-8-13-7-4-5-9-14(13)15/h4-12,18H,1-3H3/t12-,24?/m0/s1. The van der Waals surface area contributed by atoms with Crippen LogP contribution < -0.4 is 10.0 Å². The largest absolute Gasteiger partial charge is 0.532 e. The van der Waals surface area contributed by atoms with Gasteiger partial charge in [-0.2, -0.15) is 5.48 Å². The Labute approximate surface area is 145 Å². The predicted octanol–water partition coefficient (Wildman–Crippen LogP) is 4.43. The lowest BCUT2D eigenvalue weighted by molar-refractivity contribution is -0.142. The molecular formula is C16H19ClNO5P. The minimum Gasteiger partial charge on any atom is -0.404 e. The summed E-state index contributed by atoms with van der Waals surface area (Å²) < 4.78 is 22.4. The maximum absolute atomic E-state index is 12.3. The molecule has 2 atom stereocenters. The van der Waals surface area contributed by atoms with Crippen LogP contribution in [0, 0.1) is 0 Å². The van der Waals surface area contributed by atoms with E-state index in [1.165, 1.54) is 6.92 Å². The highest BCUT2D eigenvalue weighted by Crippen LogP contribution is 2.54. The van der Waals surface area contributed by atoms with Crippen molar-refractivity contribution in [2.24, 2.45) is 0 Å². The summed E-state index contributed by atoms with van der Waals surface area (Å²) in [6.07, 6.45) is -0.130. The first-order valence-corrected chi connectivity index (χ1v) is 9.85. The number of benzene rings is 2. The second-order valence-electron chi connectivity index (χ2n) is 5.42. The number of hydrogen-bond donors (Lipinski definition) is 1. The molecule has 8 heteroatoms. The van der Waals surface area contributed by atoms with Crippen LogP contribution in [0.3, 0.4) is 0 Å². The van der Waals surface area contributed by atoms with Gasteiger partial charge in [-0.15, -0.1) is 0 Å². The van der Waals surface area contributed by atoms with E-state index in [2.05, 4.69) is 5.48 Å². The van der Waals surface area contributed by atoms with Crippen LogP contribution in [0.4, 0.5) is 0 Å². The lowest BCUT2D eigenvalue weighted by atomic mass is 10.1. The fourth-order valence-corrected chi connectivity index (χ4v) is 3.12. The van der Waals surface area contributed by atoms with Crippen LogP contribution in [0.15, 0.2) is 42.5 Å². The van der Waals surface area contributed by atoms with Crippen molar-refractivity contribution in [1.82, 2.24) is 5.48 Å². The fraction of sp³-hybridized carbons (Fsp3) is 0.312. The fourth-order valence-electron chi connectivity index (χ4n) is 1.88. The van der Waals surface area contributed by atoms with E-state index in [4.69, 9.17) is 25.1 Å². The van der Waals surface area contributed by atoms with Gasteiger partial charge in [0.25, 0.3) is 0 Å². The van der Waals surface area contributed by atoms with Gasteiger partial charge in [0.2, 0.25) is 0 Å². The van der Waals surface area contributed by atoms with E-state index in [1.807, 2.05) is 24.3 Å². The zero-order valence-electron chi connectivity index (χ0n) is 13.6. The van der Waals surface area contributed by atoms with Crippen molar-refractivity contribution in [1.29, 1.82) is 0 Å². The molecule has 0 aliphatic heterocycles. The lowest BCUT2D eigenvalue weighted by Gasteiger charge is -2.18. The molecule has 2 aromatic rings. The average molecular weight is 372 g/mol. The number of halogens is 1. The number of fused-ring (bicyclic) bond motifs is 1. The van der Waals surface area contributed by atoms with Crippen LogP contribution in [-0.2, 0) is 18.7 Å². The van der Waals surface area contributed by atoms with E-state index in [9.17, 15) is 9.36 Å². The summed E-state index contributed by atoms with van der Waals surface area (Å²) in [5, 5.41) is 1.60. The Bertz CT molecular complexity index is 762. The van der Waals surface area contributed by atoms with Crippen molar-refractivity contribution in [2.75, 3.05) is 0 Å². The zero-order valence-corrected chi connectivity index (χ0v) is 15.2. The van der Waals surface area contributed by atoms with Crippen LogP contribution in [0.25, 0.3) is 10.8 Å². The second-order valence-corrected chi connectivity index (χ2v) is 7.88. The molecule has 0 saturated carbocycles. The third kappa shape index (κ3) is 5.21. The molecule has 1 unspecified atom stereocenters. The van der Waals surface area contributed by atoms with Crippen molar-refractivity contribution in [3.63, 3.8) is 0 Å². The molecule has 6 nitrogen and oxygen atoms in total. The SMILES string of the molecule is CC(C)ON[C@@H](C)C(=O)OP(=O)(Cl)Oc1cccc2ccccc12. The van der Waals surface area contributed by atoms with Crippen molar-refractivity contribution in [3.05, 3.63) is 42.5 Å². The van der Waals surface area contributed by atoms with Gasteiger partial charge in [0.15, 0.2) is 0 Å². The van der Waals surface area contributed by atoms with E-state index < -0.39 is 19.0 Å². The Hall–Kier alpha value is -1.59. The Balaban J connectivity index is 2.07. The summed E-state index contributed by atoms with van der Waals surface area (Å²) in [6.45, 7) is 0.936. The molecule has 0 saturated heterocycles. The van der Waals surface area contributed by atoms with Gasteiger partial charge in [-0.3, -0.25) is 4.84 Å². The molecular weight excluding hydrogens is 353 g/mol. The van der Waals surface area contributed by atoms with Gasteiger partial charge in [-0.05, 0) is 32.2 Å². The summed E-state index contributed by atoms with van der Waals surface area (Å²) in [6, 6.07) is 11.7. The molecule has 0 fully saturated rings. The molecule has 0 aliphatic rings. The topological polar surface area (TPSA) is 73.9 Å². The third-order valence-corrected chi connectivity index (χ3v) is 4.22. The lowest BCUT2D eigenvalue weighted by Crippen LogP contribution is -2.36. The number of hydrogen-bond acceptors (Lipinski definition) is 6. The molecule has 0 aromatic heterocycles. The average Bonchev–Trinajstić information content (AvgIpc) is 2.52. The van der Waals surface area contributed by atoms with Crippen LogP contribution in [0.1, 0.15) is 20.8 Å². The maximum atomic E-state index is 12.3. The highest BCUT2D eigenvalue weighted by atomic mass is 35.7. The number of nitrogens with one attached hydrogen (secondary N) is 1. The van der Waals surface area contributed by atoms with Gasteiger partial charge in [-0.1, -0.05) is 36.4 Å². The number of rotatable bonds is 7. The van der Waals surface area contributed by atoms with Crippen molar-refractivity contribution >= 4 is 34.9 Å². The van der Waals surface area contributed by atoms with Crippen molar-refractivity contribution < 1.29 is 23.2 Å². The molecule has 0 spiro atoms. The molecule has 130 valence electrons. The van der Waals surface area contributed by atoms with Gasteiger partial charge < -0.3 is 9.05 Å². The molecule has 2 rings (SSSR count). The van der Waals surface area contributed by atoms with Gasteiger partial charge >= 0.3 is 12.9 Å². The smallest absolute Gasteiger partial charge is 0.404 e. The quantitative estimate of drug-likeness (QED) is 0.573.